The van der Waals surface area contributed by atoms with E-state index in [1.165, 1.54) is 18.2 Å². The van der Waals surface area contributed by atoms with Gasteiger partial charge in [0.1, 0.15) is 5.82 Å². The van der Waals surface area contributed by atoms with Crippen LogP contribution in [0.3, 0.4) is 0 Å². The van der Waals surface area contributed by atoms with Crippen LogP contribution in [0.2, 0.25) is 0 Å². The van der Waals surface area contributed by atoms with Gasteiger partial charge in [-0.05, 0) is 54.6 Å². The second-order valence-electron chi connectivity index (χ2n) is 5.76. The van der Waals surface area contributed by atoms with Crippen molar-refractivity contribution in [2.75, 3.05) is 10.6 Å². The molecule has 0 fully saturated rings. The number of aromatic nitrogens is 1. The quantitative estimate of drug-likeness (QED) is 0.556. The molecule has 1 aromatic heterocycles. The molecule has 2 aromatic carbocycles. The molecule has 0 aliphatic rings. The summed E-state index contributed by atoms with van der Waals surface area (Å²) >= 11 is 3.26. The van der Waals surface area contributed by atoms with Gasteiger partial charge in [0, 0.05) is 45.4 Å². The van der Waals surface area contributed by atoms with Crippen molar-refractivity contribution in [2.45, 2.75) is 0 Å². The fourth-order valence-electron chi connectivity index (χ4n) is 2.37. The Balaban J connectivity index is 1.67. The highest BCUT2D eigenvalue weighted by Gasteiger charge is 2.08. The minimum Gasteiger partial charge on any atom is -0.322 e. The third-order valence-electron chi connectivity index (χ3n) is 3.70. The molecule has 3 aromatic rings. The van der Waals surface area contributed by atoms with E-state index < -0.39 is 11.7 Å². The van der Waals surface area contributed by atoms with E-state index in [1.807, 2.05) is 0 Å². The maximum absolute atomic E-state index is 13.7. The van der Waals surface area contributed by atoms with E-state index in [9.17, 15) is 14.0 Å². The molecule has 3 rings (SSSR count). The summed E-state index contributed by atoms with van der Waals surface area (Å²) in [5.74, 6) is -1.18. The van der Waals surface area contributed by atoms with E-state index in [0.717, 1.165) is 0 Å². The van der Waals surface area contributed by atoms with Crippen molar-refractivity contribution >= 4 is 45.2 Å². The van der Waals surface area contributed by atoms with Gasteiger partial charge < -0.3 is 10.6 Å². The third-order valence-corrected chi connectivity index (χ3v) is 4.20. The average molecular weight is 440 g/mol. The van der Waals surface area contributed by atoms with Gasteiger partial charge in [-0.1, -0.05) is 22.0 Å². The van der Waals surface area contributed by atoms with Crippen LogP contribution >= 0.6 is 15.9 Å². The number of carbonyl (C=O) groups is 2. The zero-order valence-electron chi connectivity index (χ0n) is 14.5. The van der Waals surface area contributed by atoms with Crippen LogP contribution in [0, 0.1) is 5.82 Å². The highest BCUT2D eigenvalue weighted by molar-refractivity contribution is 9.10. The van der Waals surface area contributed by atoms with Gasteiger partial charge >= 0.3 is 0 Å². The Morgan fingerprint density at radius 2 is 1.75 bits per heavy atom. The molecule has 2 N–H and O–H groups in total. The summed E-state index contributed by atoms with van der Waals surface area (Å²) in [5.41, 5.74) is 1.74. The number of rotatable bonds is 5. The topological polar surface area (TPSA) is 71.1 Å². The first-order valence-electron chi connectivity index (χ1n) is 8.27. The molecular weight excluding hydrogens is 425 g/mol. The van der Waals surface area contributed by atoms with Gasteiger partial charge in [0.05, 0.1) is 0 Å². The first-order chi connectivity index (χ1) is 13.5. The minimum absolute atomic E-state index is 0.287. The highest BCUT2D eigenvalue weighted by Crippen LogP contribution is 2.17. The number of anilines is 2. The van der Waals surface area contributed by atoms with Gasteiger partial charge in [-0.25, -0.2) is 4.39 Å². The number of hydrogen-bond acceptors (Lipinski definition) is 3. The monoisotopic (exact) mass is 439 g/mol. The second-order valence-corrected chi connectivity index (χ2v) is 6.67. The van der Waals surface area contributed by atoms with Crippen LogP contribution in [0.5, 0.6) is 0 Å². The highest BCUT2D eigenvalue weighted by atomic mass is 79.9. The van der Waals surface area contributed by atoms with Crippen molar-refractivity contribution in [3.8, 4) is 0 Å². The minimum atomic E-state index is -0.439. The maximum Gasteiger partial charge on any atom is 0.255 e. The Bertz CT molecular complexity index is 1040. The lowest BCUT2D eigenvalue weighted by Gasteiger charge is -2.07. The maximum atomic E-state index is 13.7. The van der Waals surface area contributed by atoms with Crippen LogP contribution in [-0.4, -0.2) is 16.8 Å². The molecule has 7 heteroatoms. The number of carbonyl (C=O) groups excluding carboxylic acids is 2. The predicted molar refractivity (Wildman–Crippen MR) is 110 cm³/mol. The van der Waals surface area contributed by atoms with E-state index in [2.05, 4.69) is 31.5 Å². The summed E-state index contributed by atoms with van der Waals surface area (Å²) in [6.45, 7) is 0. The Labute approximate surface area is 169 Å². The Morgan fingerprint density at radius 1 is 0.964 bits per heavy atom. The Hall–Kier alpha value is -3.32. The van der Waals surface area contributed by atoms with Crippen molar-refractivity contribution < 1.29 is 14.0 Å². The fraction of sp³-hybridized carbons (Fsp3) is 0. The zero-order chi connectivity index (χ0) is 19.9. The molecular formula is C21H15BrFN3O2. The van der Waals surface area contributed by atoms with E-state index in [1.54, 1.807) is 60.9 Å². The molecule has 0 radical (unpaired) electrons. The van der Waals surface area contributed by atoms with Gasteiger partial charge in [-0.3, -0.25) is 14.6 Å². The Kier molecular flexibility index (Phi) is 6.29. The van der Waals surface area contributed by atoms with Gasteiger partial charge in [-0.2, -0.15) is 0 Å². The van der Waals surface area contributed by atoms with Crippen LogP contribution in [0.4, 0.5) is 15.8 Å². The molecule has 0 unspecified atom stereocenters. The van der Waals surface area contributed by atoms with Crippen molar-refractivity contribution in [2.24, 2.45) is 0 Å². The number of amides is 2. The number of benzene rings is 2. The van der Waals surface area contributed by atoms with Crippen LogP contribution in [0.1, 0.15) is 15.9 Å². The van der Waals surface area contributed by atoms with Crippen molar-refractivity contribution in [1.29, 1.82) is 0 Å². The molecule has 0 saturated carbocycles. The molecule has 2 amide bonds. The van der Waals surface area contributed by atoms with Crippen LogP contribution in [0.25, 0.3) is 6.08 Å². The van der Waals surface area contributed by atoms with E-state index in [0.29, 0.717) is 21.4 Å². The van der Waals surface area contributed by atoms with Crippen LogP contribution in [-0.2, 0) is 4.79 Å². The summed E-state index contributed by atoms with van der Waals surface area (Å²) in [6, 6.07) is 14.3. The fourth-order valence-corrected chi connectivity index (χ4v) is 2.75. The molecule has 5 nitrogen and oxygen atoms in total. The largest absolute Gasteiger partial charge is 0.322 e. The molecule has 28 heavy (non-hydrogen) atoms. The molecule has 0 aliphatic heterocycles. The molecule has 0 saturated heterocycles. The van der Waals surface area contributed by atoms with E-state index in [4.69, 9.17) is 0 Å². The lowest BCUT2D eigenvalue weighted by atomic mass is 10.1. The summed E-state index contributed by atoms with van der Waals surface area (Å²) < 4.78 is 14.4. The van der Waals surface area contributed by atoms with Crippen molar-refractivity contribution in [3.63, 3.8) is 0 Å². The number of halogens is 2. The van der Waals surface area contributed by atoms with E-state index >= 15 is 0 Å². The molecule has 140 valence electrons. The van der Waals surface area contributed by atoms with Gasteiger partial charge in [-0.15, -0.1) is 0 Å². The first kappa shape index (κ1) is 19.4. The number of nitrogens with zero attached hydrogens (tertiary/aromatic N) is 1. The Morgan fingerprint density at radius 3 is 2.54 bits per heavy atom. The van der Waals surface area contributed by atoms with Crippen LogP contribution in [0.15, 0.2) is 77.5 Å². The van der Waals surface area contributed by atoms with Crippen molar-refractivity contribution in [1.82, 2.24) is 4.98 Å². The SMILES string of the molecule is O=C(/C=C/c1cc(Br)ccc1F)Nc1cccc(C(=O)Nc2ccncc2)c1. The van der Waals surface area contributed by atoms with Gasteiger partial charge in [0.15, 0.2) is 0 Å². The molecule has 1 heterocycles. The zero-order valence-corrected chi connectivity index (χ0v) is 16.1. The van der Waals surface area contributed by atoms with Gasteiger partial charge in [0.2, 0.25) is 5.91 Å². The normalized spacial score (nSPS) is 10.6. The first-order valence-corrected chi connectivity index (χ1v) is 9.06. The van der Waals surface area contributed by atoms with Gasteiger partial charge in [0.25, 0.3) is 5.91 Å². The molecule has 0 bridgehead atoms. The lowest BCUT2D eigenvalue weighted by Crippen LogP contribution is -2.13. The standard InChI is InChI=1S/C21H15BrFN3O2/c22-16-5-6-19(23)14(12-16)4-7-20(27)25-18-3-1-2-15(13-18)21(28)26-17-8-10-24-11-9-17/h1-13H,(H,25,27)(H,24,26,28)/b7-4+. The summed E-state index contributed by atoms with van der Waals surface area (Å²) in [5, 5.41) is 5.40. The molecule has 0 spiro atoms. The average Bonchev–Trinajstić information content (AvgIpc) is 2.69. The second kappa shape index (κ2) is 9.05. The lowest BCUT2D eigenvalue weighted by molar-refractivity contribution is -0.111. The smallest absolute Gasteiger partial charge is 0.255 e. The third kappa shape index (κ3) is 5.34. The predicted octanol–water partition coefficient (Wildman–Crippen LogP) is 4.89. The summed E-state index contributed by atoms with van der Waals surface area (Å²) in [4.78, 5) is 28.3. The number of pyridine rings is 1. The molecule has 0 aliphatic carbocycles. The number of hydrogen-bond donors (Lipinski definition) is 2. The number of nitrogens with one attached hydrogen (secondary N) is 2. The summed E-state index contributed by atoms with van der Waals surface area (Å²) in [7, 11) is 0. The van der Waals surface area contributed by atoms with Crippen molar-refractivity contribution in [3.05, 3.63) is 94.5 Å². The van der Waals surface area contributed by atoms with E-state index in [-0.39, 0.29) is 11.5 Å². The molecule has 0 atom stereocenters. The van der Waals surface area contributed by atoms with Crippen LogP contribution < -0.4 is 10.6 Å². The summed E-state index contributed by atoms with van der Waals surface area (Å²) in [6.07, 6.45) is 5.77.